The number of hydrogen-bond donors (Lipinski definition) is 1. The van der Waals surface area contributed by atoms with Gasteiger partial charge in [0.1, 0.15) is 11.5 Å². The Bertz CT molecular complexity index is 742. The van der Waals surface area contributed by atoms with Gasteiger partial charge in [0.15, 0.2) is 0 Å². The molecule has 132 valence electrons. The zero-order chi connectivity index (χ0) is 17.8. The highest BCUT2D eigenvalue weighted by Gasteiger charge is 2.27. The summed E-state index contributed by atoms with van der Waals surface area (Å²) >= 11 is 0. The largest absolute Gasteiger partial charge is 0.339 e. The maximum atomic E-state index is 12.7. The van der Waals surface area contributed by atoms with Crippen LogP contribution in [0.2, 0.25) is 0 Å². The second-order valence-corrected chi connectivity index (χ2v) is 6.72. The molecule has 1 N–H and O–H groups in total. The van der Waals surface area contributed by atoms with E-state index in [1.54, 1.807) is 12.4 Å². The average Bonchev–Trinajstić information content (AvgIpc) is 2.65. The quantitative estimate of drug-likeness (QED) is 0.906. The molecule has 0 aliphatic carbocycles. The van der Waals surface area contributed by atoms with Gasteiger partial charge in [-0.25, -0.2) is 9.97 Å². The predicted octanol–water partition coefficient (Wildman–Crippen LogP) is 4.24. The third-order valence-corrected chi connectivity index (χ3v) is 5.10. The average molecular weight is 338 g/mol. The third-order valence-electron chi connectivity index (χ3n) is 5.10. The van der Waals surface area contributed by atoms with Crippen molar-refractivity contribution < 1.29 is 4.79 Å². The lowest BCUT2D eigenvalue weighted by atomic mass is 10.00. The van der Waals surface area contributed by atoms with E-state index in [2.05, 4.69) is 42.1 Å². The van der Waals surface area contributed by atoms with Gasteiger partial charge in [-0.15, -0.1) is 0 Å². The minimum atomic E-state index is -0.00247. The fraction of sp³-hybridized carbons (Fsp3) is 0.450. The van der Waals surface area contributed by atoms with Crippen molar-refractivity contribution in [2.45, 2.75) is 52.5 Å². The van der Waals surface area contributed by atoms with Crippen molar-refractivity contribution in [1.82, 2.24) is 14.9 Å². The molecule has 1 aromatic carbocycles. The molecule has 0 spiro atoms. The monoisotopic (exact) mass is 338 g/mol. The molecule has 1 aromatic heterocycles. The number of aryl methyl sites for hydroxylation is 1. The smallest absolute Gasteiger partial charge is 0.274 e. The molecule has 1 fully saturated rings. The number of benzene rings is 1. The van der Waals surface area contributed by atoms with E-state index < -0.39 is 0 Å². The van der Waals surface area contributed by atoms with Crippen molar-refractivity contribution >= 4 is 17.4 Å². The second-order valence-electron chi connectivity index (χ2n) is 6.72. The van der Waals surface area contributed by atoms with Crippen LogP contribution in [0.5, 0.6) is 0 Å². The minimum absolute atomic E-state index is 0.00247. The normalized spacial score (nSPS) is 17.4. The maximum Gasteiger partial charge on any atom is 0.274 e. The van der Waals surface area contributed by atoms with Crippen LogP contribution in [0.3, 0.4) is 0 Å². The lowest BCUT2D eigenvalue weighted by Gasteiger charge is -2.34. The number of anilines is 2. The molecule has 1 atom stereocenters. The predicted molar refractivity (Wildman–Crippen MR) is 100 cm³/mol. The van der Waals surface area contributed by atoms with Gasteiger partial charge in [-0.1, -0.05) is 19.1 Å². The molecule has 1 aliphatic heterocycles. The van der Waals surface area contributed by atoms with E-state index in [1.165, 1.54) is 17.5 Å². The number of piperidine rings is 1. The summed E-state index contributed by atoms with van der Waals surface area (Å²) in [5.41, 5.74) is 3.84. The molecule has 0 saturated carbocycles. The third kappa shape index (κ3) is 3.81. The molecule has 5 heteroatoms. The van der Waals surface area contributed by atoms with Gasteiger partial charge in [0.2, 0.25) is 0 Å². The highest BCUT2D eigenvalue weighted by Crippen LogP contribution is 2.23. The molecular weight excluding hydrogens is 312 g/mol. The molecule has 0 radical (unpaired) electrons. The van der Waals surface area contributed by atoms with Crippen LogP contribution in [0.15, 0.2) is 30.6 Å². The summed E-state index contributed by atoms with van der Waals surface area (Å²) in [4.78, 5) is 23.4. The number of rotatable bonds is 4. The van der Waals surface area contributed by atoms with Crippen LogP contribution in [-0.4, -0.2) is 33.4 Å². The summed E-state index contributed by atoms with van der Waals surface area (Å²) in [5, 5.41) is 3.28. The van der Waals surface area contributed by atoms with Gasteiger partial charge in [-0.2, -0.15) is 0 Å². The van der Waals surface area contributed by atoms with E-state index in [-0.39, 0.29) is 5.91 Å². The molecule has 2 aromatic rings. The Morgan fingerprint density at radius 3 is 2.80 bits per heavy atom. The Hall–Kier alpha value is -2.43. The van der Waals surface area contributed by atoms with E-state index in [0.29, 0.717) is 17.6 Å². The van der Waals surface area contributed by atoms with E-state index >= 15 is 0 Å². The number of likely N-dealkylation sites (tertiary alicyclic amines) is 1. The summed E-state index contributed by atoms with van der Waals surface area (Å²) in [6, 6.07) is 6.44. The SMILES string of the molecule is CCC1CCCCN1C(=O)c1cnc(Nc2cccc(C)c2C)cn1. The van der Waals surface area contributed by atoms with Gasteiger partial charge in [0, 0.05) is 18.3 Å². The molecule has 5 nitrogen and oxygen atoms in total. The Kier molecular flexibility index (Phi) is 5.31. The number of carbonyl (C=O) groups excluding carboxylic acids is 1. The molecule has 3 rings (SSSR count). The molecule has 1 saturated heterocycles. The second kappa shape index (κ2) is 7.64. The lowest BCUT2D eigenvalue weighted by Crippen LogP contribution is -2.43. The number of nitrogens with one attached hydrogen (secondary N) is 1. The number of aromatic nitrogens is 2. The van der Waals surface area contributed by atoms with Crippen molar-refractivity contribution in [2.24, 2.45) is 0 Å². The molecule has 2 heterocycles. The number of carbonyl (C=O) groups is 1. The Labute approximate surface area is 149 Å². The Balaban J connectivity index is 1.73. The minimum Gasteiger partial charge on any atom is -0.339 e. The summed E-state index contributed by atoms with van der Waals surface area (Å²) < 4.78 is 0. The van der Waals surface area contributed by atoms with Crippen LogP contribution < -0.4 is 5.32 Å². The summed E-state index contributed by atoms with van der Waals surface area (Å²) in [6.45, 7) is 7.11. The van der Waals surface area contributed by atoms with Gasteiger partial charge < -0.3 is 10.2 Å². The molecular formula is C20H26N4O. The Morgan fingerprint density at radius 1 is 1.24 bits per heavy atom. The van der Waals surface area contributed by atoms with Gasteiger partial charge in [-0.05, 0) is 56.7 Å². The van der Waals surface area contributed by atoms with E-state index in [0.717, 1.165) is 31.5 Å². The molecule has 0 bridgehead atoms. The summed E-state index contributed by atoms with van der Waals surface area (Å²) in [5.74, 6) is 0.647. The fourth-order valence-corrected chi connectivity index (χ4v) is 3.37. The number of hydrogen-bond acceptors (Lipinski definition) is 4. The maximum absolute atomic E-state index is 12.7. The van der Waals surface area contributed by atoms with Crippen LogP contribution in [0.25, 0.3) is 0 Å². The number of amides is 1. The van der Waals surface area contributed by atoms with E-state index in [1.807, 2.05) is 17.0 Å². The van der Waals surface area contributed by atoms with Gasteiger partial charge in [-0.3, -0.25) is 4.79 Å². The van der Waals surface area contributed by atoms with Crippen molar-refractivity contribution in [2.75, 3.05) is 11.9 Å². The van der Waals surface area contributed by atoms with E-state index in [4.69, 9.17) is 0 Å². The molecule has 1 aliphatic rings. The van der Waals surface area contributed by atoms with Crippen LogP contribution in [0.1, 0.15) is 54.2 Å². The van der Waals surface area contributed by atoms with Crippen LogP contribution in [0.4, 0.5) is 11.5 Å². The summed E-state index contributed by atoms with van der Waals surface area (Å²) in [7, 11) is 0. The van der Waals surface area contributed by atoms with Crippen LogP contribution >= 0.6 is 0 Å². The highest BCUT2D eigenvalue weighted by molar-refractivity contribution is 5.92. The zero-order valence-corrected chi connectivity index (χ0v) is 15.2. The highest BCUT2D eigenvalue weighted by atomic mass is 16.2. The van der Waals surface area contributed by atoms with Gasteiger partial charge in [0.25, 0.3) is 5.91 Å². The van der Waals surface area contributed by atoms with Crippen molar-refractivity contribution in [3.05, 3.63) is 47.4 Å². The van der Waals surface area contributed by atoms with E-state index in [9.17, 15) is 4.79 Å². The molecule has 1 unspecified atom stereocenters. The molecule has 25 heavy (non-hydrogen) atoms. The van der Waals surface area contributed by atoms with Gasteiger partial charge >= 0.3 is 0 Å². The summed E-state index contributed by atoms with van der Waals surface area (Å²) in [6.07, 6.45) is 7.57. The Morgan fingerprint density at radius 2 is 2.08 bits per heavy atom. The first-order valence-corrected chi connectivity index (χ1v) is 9.06. The fourth-order valence-electron chi connectivity index (χ4n) is 3.37. The number of nitrogens with zero attached hydrogens (tertiary/aromatic N) is 3. The first-order chi connectivity index (χ1) is 12.1. The first-order valence-electron chi connectivity index (χ1n) is 9.06. The zero-order valence-electron chi connectivity index (χ0n) is 15.2. The van der Waals surface area contributed by atoms with Crippen molar-refractivity contribution in [3.63, 3.8) is 0 Å². The lowest BCUT2D eigenvalue weighted by molar-refractivity contribution is 0.0601. The molecule has 1 amide bonds. The van der Waals surface area contributed by atoms with Crippen molar-refractivity contribution in [1.29, 1.82) is 0 Å². The standard InChI is InChI=1S/C20H26N4O/c1-4-16-9-5-6-11-24(16)20(25)18-12-22-19(13-21-18)23-17-10-7-8-14(2)15(17)3/h7-8,10,12-13,16H,4-6,9,11H2,1-3H3,(H,22,23). The van der Waals surface area contributed by atoms with Crippen LogP contribution in [-0.2, 0) is 0 Å². The topological polar surface area (TPSA) is 58.1 Å². The van der Waals surface area contributed by atoms with Crippen molar-refractivity contribution in [3.8, 4) is 0 Å². The van der Waals surface area contributed by atoms with Crippen LogP contribution in [0, 0.1) is 13.8 Å². The van der Waals surface area contributed by atoms with Gasteiger partial charge in [0.05, 0.1) is 12.4 Å². The first kappa shape index (κ1) is 17.4.